The van der Waals surface area contributed by atoms with E-state index in [1.54, 1.807) is 9.47 Å². The van der Waals surface area contributed by atoms with Crippen LogP contribution in [0.25, 0.3) is 4.85 Å². The molecule has 0 aliphatic heterocycles. The highest BCUT2D eigenvalue weighted by atomic mass is 31.0. The van der Waals surface area contributed by atoms with Crippen LogP contribution in [0.2, 0.25) is 0 Å². The summed E-state index contributed by atoms with van der Waals surface area (Å²) in [5.41, 5.74) is -0.812. The first-order valence-electron chi connectivity index (χ1n) is 3.11. The Kier molecular flexibility index (Phi) is 4.54. The number of rotatable bonds is 3. The van der Waals surface area contributed by atoms with Crippen molar-refractivity contribution < 1.29 is 14.1 Å². The van der Waals surface area contributed by atoms with Crippen LogP contribution in [-0.4, -0.2) is 25.5 Å². The van der Waals surface area contributed by atoms with E-state index in [4.69, 9.17) is 14.4 Å². The van der Waals surface area contributed by atoms with Gasteiger partial charge in [-0.2, -0.15) is 0 Å². The molecule has 0 heterocycles. The molecule has 0 saturated carbocycles. The smallest absolute Gasteiger partial charge is 0.319 e. The minimum Gasteiger partial charge on any atom is -0.451 e. The van der Waals surface area contributed by atoms with Crippen molar-refractivity contribution in [3.63, 3.8) is 0 Å². The van der Waals surface area contributed by atoms with E-state index in [9.17, 15) is 9.59 Å². The molecule has 0 aliphatic carbocycles. The van der Waals surface area contributed by atoms with Crippen molar-refractivity contribution >= 4 is 29.0 Å². The minimum absolute atomic E-state index is 0.639. The van der Waals surface area contributed by atoms with E-state index >= 15 is 0 Å². The van der Waals surface area contributed by atoms with E-state index in [-0.39, 0.29) is 0 Å². The lowest BCUT2D eigenvalue weighted by atomic mass is 9.87. The Balaban J connectivity index is 4.44. The maximum absolute atomic E-state index is 10.8. The third-order valence-electron chi connectivity index (χ3n) is 1.39. The molecule has 0 amide bonds. The zero-order valence-corrected chi connectivity index (χ0v) is 7.64. The van der Waals surface area contributed by atoms with Gasteiger partial charge in [0.05, 0.1) is 9.47 Å². The fraction of sp³-hybridized carbons (Fsp3) is 0.500. The summed E-state index contributed by atoms with van der Waals surface area (Å²) in [6.07, 6.45) is 0. The summed E-state index contributed by atoms with van der Waals surface area (Å²) in [4.78, 5) is 24.3. The van der Waals surface area contributed by atoms with Gasteiger partial charge in [-0.3, -0.25) is 4.79 Å². The topological polar surface area (TPSA) is 47.7 Å². The molecule has 0 bridgehead atoms. The molecule has 0 aliphatic rings. The Morgan fingerprint density at radius 2 is 2.17 bits per heavy atom. The maximum Gasteiger partial charge on any atom is 0.319 e. The van der Waals surface area contributed by atoms with E-state index in [0.717, 1.165) is 0 Å². The van der Waals surface area contributed by atoms with E-state index in [1.165, 1.54) is 6.92 Å². The Morgan fingerprint density at radius 3 is 2.42 bits per heavy atom. The van der Waals surface area contributed by atoms with Gasteiger partial charge >= 0.3 is 5.97 Å². The highest BCUT2D eigenvalue weighted by Gasteiger charge is 2.32. The maximum atomic E-state index is 10.8. The first-order valence-corrected chi connectivity index (χ1v) is 3.58. The van der Waals surface area contributed by atoms with Gasteiger partial charge in [-0.25, -0.2) is 6.57 Å². The molecular weight excluding hydrogens is 176 g/mol. The van der Waals surface area contributed by atoms with Crippen LogP contribution in [0.1, 0.15) is 6.92 Å². The molecule has 6 heteroatoms. The molecule has 0 fully saturated rings. The summed E-state index contributed by atoms with van der Waals surface area (Å²) in [5, 5.41) is 0. The fourth-order valence-electron chi connectivity index (χ4n) is 0.658. The number of nitrogens with zero attached hydrogens (tertiary/aromatic N) is 1. The van der Waals surface area contributed by atoms with Gasteiger partial charge in [-0.15, -0.1) is 0 Å². The molecule has 0 saturated heterocycles. The Labute approximate surface area is 74.2 Å². The van der Waals surface area contributed by atoms with Gasteiger partial charge in [0.1, 0.15) is 5.92 Å². The van der Waals surface area contributed by atoms with E-state index < -0.39 is 23.6 Å². The summed E-state index contributed by atoms with van der Waals surface area (Å²) >= 11 is 0. The van der Waals surface area contributed by atoms with Crippen molar-refractivity contribution in [1.82, 2.24) is 0 Å². The monoisotopic (exact) mass is 183 g/mol. The van der Waals surface area contributed by atoms with Crippen molar-refractivity contribution in [3.05, 3.63) is 11.4 Å². The molecule has 0 rings (SSSR count). The first kappa shape index (κ1) is 11.1. The van der Waals surface area contributed by atoms with Crippen molar-refractivity contribution in [3.8, 4) is 0 Å². The SMILES string of the molecule is [B]C(=O)C([N+]#[C-])C(C)C(=O)OP. The normalized spacial score (nSPS) is 14.1. The van der Waals surface area contributed by atoms with Crippen LogP contribution >= 0.6 is 9.47 Å². The van der Waals surface area contributed by atoms with Gasteiger partial charge in [-0.05, 0) is 6.92 Å². The van der Waals surface area contributed by atoms with Gasteiger partial charge in [0.15, 0.2) is 13.5 Å². The highest BCUT2D eigenvalue weighted by Crippen LogP contribution is 2.11. The molecule has 0 aromatic rings. The van der Waals surface area contributed by atoms with Crippen molar-refractivity contribution in [2.75, 3.05) is 0 Å². The zero-order chi connectivity index (χ0) is 9.72. The summed E-state index contributed by atoms with van der Waals surface area (Å²) in [5.74, 6) is -1.46. The quantitative estimate of drug-likeness (QED) is 0.349. The van der Waals surface area contributed by atoms with Crippen LogP contribution in [-0.2, 0) is 14.1 Å². The summed E-state index contributed by atoms with van der Waals surface area (Å²) < 4.78 is 4.27. The first-order chi connectivity index (χ1) is 5.54. The van der Waals surface area contributed by atoms with Crippen LogP contribution < -0.4 is 0 Å². The molecule has 2 radical (unpaired) electrons. The van der Waals surface area contributed by atoms with Gasteiger partial charge in [-0.1, -0.05) is 0 Å². The number of hydrogen-bond acceptors (Lipinski definition) is 3. The van der Waals surface area contributed by atoms with Crippen LogP contribution in [0.4, 0.5) is 0 Å². The van der Waals surface area contributed by atoms with Gasteiger partial charge in [0, 0.05) is 0 Å². The Hall–Kier alpha value is -0.875. The van der Waals surface area contributed by atoms with E-state index in [1.807, 2.05) is 0 Å². The Morgan fingerprint density at radius 1 is 1.67 bits per heavy atom. The molecule has 3 unspecified atom stereocenters. The van der Waals surface area contributed by atoms with Crippen LogP contribution in [0.5, 0.6) is 0 Å². The molecule has 3 atom stereocenters. The lowest BCUT2D eigenvalue weighted by Gasteiger charge is -2.08. The van der Waals surface area contributed by atoms with Crippen LogP contribution in [0.15, 0.2) is 0 Å². The second kappa shape index (κ2) is 4.89. The second-order valence-electron chi connectivity index (χ2n) is 2.20. The molecule has 0 aromatic heterocycles. The molecule has 0 N–H and O–H groups in total. The number of carbonyl (C=O) groups is 2. The van der Waals surface area contributed by atoms with Crippen molar-refractivity contribution in [1.29, 1.82) is 0 Å². The van der Waals surface area contributed by atoms with E-state index in [0.29, 0.717) is 0 Å². The van der Waals surface area contributed by atoms with Crippen LogP contribution in [0.3, 0.4) is 0 Å². The predicted octanol–water partition coefficient (Wildman–Crippen LogP) is -0.0612. The van der Waals surface area contributed by atoms with Gasteiger partial charge in [0.25, 0.3) is 6.04 Å². The molecule has 0 aromatic carbocycles. The fourth-order valence-corrected chi connectivity index (χ4v) is 0.873. The van der Waals surface area contributed by atoms with Crippen molar-refractivity contribution in [2.45, 2.75) is 13.0 Å². The number of carbonyl (C=O) groups excluding carboxylic acids is 2. The Bertz CT molecular complexity index is 237. The second-order valence-corrected chi connectivity index (χ2v) is 2.44. The zero-order valence-electron chi connectivity index (χ0n) is 6.48. The summed E-state index contributed by atoms with van der Waals surface area (Å²) in [6.45, 7) is 8.02. The lowest BCUT2D eigenvalue weighted by molar-refractivity contribution is -0.138. The number of hydrogen-bond donors (Lipinski definition) is 0. The molecular formula is C6H7BNO3P. The van der Waals surface area contributed by atoms with Crippen LogP contribution in [0, 0.1) is 12.5 Å². The highest BCUT2D eigenvalue weighted by molar-refractivity contribution is 7.10. The third-order valence-corrected chi connectivity index (χ3v) is 1.62. The summed E-state index contributed by atoms with van der Waals surface area (Å²) in [7, 11) is 6.63. The molecule has 4 nitrogen and oxygen atoms in total. The van der Waals surface area contributed by atoms with Crippen molar-refractivity contribution in [2.24, 2.45) is 5.92 Å². The average molecular weight is 183 g/mol. The molecule has 12 heavy (non-hydrogen) atoms. The molecule has 0 spiro atoms. The summed E-state index contributed by atoms with van der Waals surface area (Å²) in [6, 6.07) is -1.14. The predicted molar refractivity (Wildman–Crippen MR) is 46.1 cm³/mol. The standard InChI is InChI=1S/C6H7BNO3P/c1-3(6(10)11-12)4(8-2)5(7)9/h3-4H,12H2,1H3. The van der Waals surface area contributed by atoms with E-state index in [2.05, 4.69) is 9.37 Å². The largest absolute Gasteiger partial charge is 0.451 e. The van der Waals surface area contributed by atoms with Gasteiger partial charge < -0.3 is 14.2 Å². The average Bonchev–Trinajstić information content (AvgIpc) is 2.03. The molecule has 62 valence electrons. The van der Waals surface area contributed by atoms with Gasteiger partial charge in [0.2, 0.25) is 0 Å². The minimum atomic E-state index is -1.14. The third kappa shape index (κ3) is 2.63. The lowest BCUT2D eigenvalue weighted by Crippen LogP contribution is -2.30.